The van der Waals surface area contributed by atoms with E-state index >= 15 is 0 Å². The summed E-state index contributed by atoms with van der Waals surface area (Å²) in [5, 5.41) is 15.0. The van der Waals surface area contributed by atoms with Crippen LogP contribution < -0.4 is 10.6 Å². The highest BCUT2D eigenvalue weighted by atomic mass is 16.6. The van der Waals surface area contributed by atoms with Gasteiger partial charge in [-0.05, 0) is 71.2 Å². The molecule has 0 aliphatic heterocycles. The first-order valence-corrected chi connectivity index (χ1v) is 11.4. The lowest BCUT2D eigenvalue weighted by atomic mass is 9.96. The van der Waals surface area contributed by atoms with E-state index < -0.39 is 35.6 Å². The van der Waals surface area contributed by atoms with Crippen molar-refractivity contribution < 1.29 is 19.1 Å². The lowest BCUT2D eigenvalue weighted by Crippen LogP contribution is -2.51. The molecule has 2 aromatic rings. The van der Waals surface area contributed by atoms with Crippen LogP contribution in [-0.4, -0.2) is 41.0 Å². The zero-order chi connectivity index (χ0) is 26.3. The van der Waals surface area contributed by atoms with Gasteiger partial charge in [0, 0.05) is 5.69 Å². The SMILES string of the molecule is Cc1ccc(C)c(C(C(=O)Nc2ccccc2C)N(CC#N)C(=O)C(C)NC(=O)OC(C)(C)C)c1. The molecule has 35 heavy (non-hydrogen) atoms. The van der Waals surface area contributed by atoms with Crippen LogP contribution in [0.15, 0.2) is 42.5 Å². The molecule has 0 aliphatic carbocycles. The van der Waals surface area contributed by atoms with E-state index in [0.29, 0.717) is 11.3 Å². The van der Waals surface area contributed by atoms with Gasteiger partial charge in [-0.1, -0.05) is 42.0 Å². The van der Waals surface area contributed by atoms with Gasteiger partial charge in [0.25, 0.3) is 5.91 Å². The van der Waals surface area contributed by atoms with Gasteiger partial charge in [-0.15, -0.1) is 0 Å². The molecule has 0 bridgehead atoms. The summed E-state index contributed by atoms with van der Waals surface area (Å²) in [6, 6.07) is 12.8. The van der Waals surface area contributed by atoms with Gasteiger partial charge in [-0.25, -0.2) is 4.79 Å². The van der Waals surface area contributed by atoms with Crippen LogP contribution in [-0.2, 0) is 14.3 Å². The Labute approximate surface area is 207 Å². The first-order chi connectivity index (χ1) is 16.3. The van der Waals surface area contributed by atoms with Crippen molar-refractivity contribution in [3.8, 4) is 6.07 Å². The van der Waals surface area contributed by atoms with E-state index in [1.54, 1.807) is 32.9 Å². The van der Waals surface area contributed by atoms with E-state index in [2.05, 4.69) is 10.6 Å². The normalized spacial score (nSPS) is 12.6. The minimum atomic E-state index is -1.09. The molecule has 186 valence electrons. The lowest BCUT2D eigenvalue weighted by molar-refractivity contribution is -0.139. The molecule has 8 nitrogen and oxygen atoms in total. The second-order valence-corrected chi connectivity index (χ2v) is 9.56. The molecular weight excluding hydrogens is 444 g/mol. The Morgan fingerprint density at radius 1 is 1.06 bits per heavy atom. The Balaban J connectivity index is 2.47. The average molecular weight is 479 g/mol. The topological polar surface area (TPSA) is 112 Å². The summed E-state index contributed by atoms with van der Waals surface area (Å²) in [7, 11) is 0. The molecule has 2 rings (SSSR count). The number of rotatable bonds is 7. The number of para-hydroxylation sites is 1. The number of benzene rings is 2. The standard InChI is InChI=1S/C27H34N4O4/c1-17-12-13-18(2)21(16-17)23(24(32)30-22-11-9-8-10-19(22)3)31(15-14-28)25(33)20(4)29-26(34)35-27(5,6)7/h8-13,16,20,23H,15H2,1-7H3,(H,29,34)(H,30,32). The van der Waals surface area contributed by atoms with Crippen LogP contribution in [0.5, 0.6) is 0 Å². The highest BCUT2D eigenvalue weighted by Crippen LogP contribution is 2.28. The van der Waals surface area contributed by atoms with Crippen LogP contribution >= 0.6 is 0 Å². The maximum atomic E-state index is 13.7. The number of nitrogens with one attached hydrogen (secondary N) is 2. The van der Waals surface area contributed by atoms with Crippen molar-refractivity contribution in [2.75, 3.05) is 11.9 Å². The summed E-state index contributed by atoms with van der Waals surface area (Å²) >= 11 is 0. The number of ether oxygens (including phenoxy) is 1. The molecule has 8 heteroatoms. The second-order valence-electron chi connectivity index (χ2n) is 9.56. The molecule has 2 N–H and O–H groups in total. The molecule has 0 saturated carbocycles. The van der Waals surface area contributed by atoms with Gasteiger partial charge in [-0.2, -0.15) is 5.26 Å². The molecule has 0 spiro atoms. The highest BCUT2D eigenvalue weighted by molar-refractivity contribution is 5.99. The van der Waals surface area contributed by atoms with E-state index in [-0.39, 0.29) is 6.54 Å². The number of anilines is 1. The molecule has 0 heterocycles. The van der Waals surface area contributed by atoms with Crippen molar-refractivity contribution in [1.82, 2.24) is 10.2 Å². The van der Waals surface area contributed by atoms with Gasteiger partial charge in [0.05, 0.1) is 6.07 Å². The maximum Gasteiger partial charge on any atom is 0.408 e. The number of amides is 3. The summed E-state index contributed by atoms with van der Waals surface area (Å²) in [5.74, 6) is -1.04. The number of carbonyl (C=O) groups excluding carboxylic acids is 3. The molecule has 2 unspecified atom stereocenters. The monoisotopic (exact) mass is 478 g/mol. The van der Waals surface area contributed by atoms with Crippen LogP contribution in [0.1, 0.15) is 56.0 Å². The summed E-state index contributed by atoms with van der Waals surface area (Å²) in [5.41, 5.74) is 3.03. The number of hydrogen-bond acceptors (Lipinski definition) is 5. The summed E-state index contributed by atoms with van der Waals surface area (Å²) < 4.78 is 5.25. The molecular formula is C27H34N4O4. The predicted molar refractivity (Wildman–Crippen MR) is 135 cm³/mol. The third-order valence-electron chi connectivity index (χ3n) is 5.32. The highest BCUT2D eigenvalue weighted by Gasteiger charge is 2.35. The van der Waals surface area contributed by atoms with E-state index in [1.165, 1.54) is 11.8 Å². The van der Waals surface area contributed by atoms with Crippen LogP contribution in [0.25, 0.3) is 0 Å². The molecule has 2 atom stereocenters. The summed E-state index contributed by atoms with van der Waals surface area (Å²) in [6.45, 7) is 11.9. The Morgan fingerprint density at radius 3 is 2.31 bits per heavy atom. The molecule has 0 radical (unpaired) electrons. The fraction of sp³-hybridized carbons (Fsp3) is 0.407. The Hall–Kier alpha value is -3.86. The largest absolute Gasteiger partial charge is 0.444 e. The van der Waals surface area contributed by atoms with E-state index in [9.17, 15) is 19.6 Å². The van der Waals surface area contributed by atoms with Gasteiger partial charge in [0.15, 0.2) is 0 Å². The Bertz CT molecular complexity index is 1130. The van der Waals surface area contributed by atoms with Crippen molar-refractivity contribution in [3.63, 3.8) is 0 Å². The smallest absolute Gasteiger partial charge is 0.408 e. The number of alkyl carbamates (subject to hydrolysis) is 1. The molecule has 0 aliphatic rings. The van der Waals surface area contributed by atoms with E-state index in [4.69, 9.17) is 4.74 Å². The number of nitriles is 1. The molecule has 0 fully saturated rings. The molecule has 3 amide bonds. The van der Waals surface area contributed by atoms with Crippen molar-refractivity contribution in [1.29, 1.82) is 5.26 Å². The second kappa shape index (κ2) is 11.5. The first kappa shape index (κ1) is 27.4. The fourth-order valence-corrected chi connectivity index (χ4v) is 3.59. The Kier molecular flexibility index (Phi) is 9.01. The quantitative estimate of drug-likeness (QED) is 0.567. The predicted octanol–water partition coefficient (Wildman–Crippen LogP) is 4.56. The average Bonchev–Trinajstić information content (AvgIpc) is 2.75. The van der Waals surface area contributed by atoms with E-state index in [0.717, 1.165) is 16.7 Å². The number of hydrogen-bond donors (Lipinski definition) is 2. The maximum absolute atomic E-state index is 13.7. The molecule has 2 aromatic carbocycles. The molecule has 0 saturated heterocycles. The minimum absolute atomic E-state index is 0.349. The van der Waals surface area contributed by atoms with Gasteiger partial charge in [0.2, 0.25) is 5.91 Å². The lowest BCUT2D eigenvalue weighted by Gasteiger charge is -2.33. The number of nitrogens with zero attached hydrogens (tertiary/aromatic N) is 2. The number of carbonyl (C=O) groups is 3. The zero-order valence-corrected chi connectivity index (χ0v) is 21.4. The van der Waals surface area contributed by atoms with Crippen LogP contribution in [0.4, 0.5) is 10.5 Å². The van der Waals surface area contributed by atoms with Crippen LogP contribution in [0.3, 0.4) is 0 Å². The third-order valence-corrected chi connectivity index (χ3v) is 5.32. The van der Waals surface area contributed by atoms with E-state index in [1.807, 2.05) is 57.2 Å². The van der Waals surface area contributed by atoms with Crippen molar-refractivity contribution in [2.24, 2.45) is 0 Å². The fourth-order valence-electron chi connectivity index (χ4n) is 3.59. The van der Waals surface area contributed by atoms with Gasteiger partial charge < -0.3 is 20.3 Å². The summed E-state index contributed by atoms with van der Waals surface area (Å²) in [6.07, 6.45) is -0.761. The Morgan fingerprint density at radius 2 is 1.71 bits per heavy atom. The minimum Gasteiger partial charge on any atom is -0.444 e. The van der Waals surface area contributed by atoms with Gasteiger partial charge in [-0.3, -0.25) is 9.59 Å². The summed E-state index contributed by atoms with van der Waals surface area (Å²) in [4.78, 5) is 40.6. The zero-order valence-electron chi connectivity index (χ0n) is 21.4. The van der Waals surface area contributed by atoms with Crippen molar-refractivity contribution in [2.45, 2.75) is 66.2 Å². The molecule has 0 aromatic heterocycles. The first-order valence-electron chi connectivity index (χ1n) is 11.4. The van der Waals surface area contributed by atoms with Crippen LogP contribution in [0.2, 0.25) is 0 Å². The van der Waals surface area contributed by atoms with Gasteiger partial charge >= 0.3 is 6.09 Å². The van der Waals surface area contributed by atoms with Crippen molar-refractivity contribution in [3.05, 3.63) is 64.7 Å². The number of aryl methyl sites for hydroxylation is 3. The van der Waals surface area contributed by atoms with Crippen molar-refractivity contribution >= 4 is 23.6 Å². The van der Waals surface area contributed by atoms with Crippen LogP contribution in [0, 0.1) is 32.1 Å². The third kappa shape index (κ3) is 7.57. The van der Waals surface area contributed by atoms with Gasteiger partial charge in [0.1, 0.15) is 24.2 Å².